The molecule has 3 N–H and O–H groups in total. The highest BCUT2D eigenvalue weighted by Crippen LogP contribution is 2.34. The molecule has 0 spiro atoms. The lowest BCUT2D eigenvalue weighted by molar-refractivity contribution is -0.122. The summed E-state index contributed by atoms with van der Waals surface area (Å²) in [6.07, 6.45) is 3.79. The van der Waals surface area contributed by atoms with Crippen molar-refractivity contribution in [3.63, 3.8) is 0 Å². The number of hydrogen-bond donors (Lipinski definition) is 2. The van der Waals surface area contributed by atoms with E-state index < -0.39 is 5.54 Å². The normalized spacial score (nSPS) is 23.4. The van der Waals surface area contributed by atoms with E-state index in [2.05, 4.69) is 15.5 Å². The Balaban J connectivity index is 0.00000208. The molecule has 1 aliphatic carbocycles. The zero-order valence-corrected chi connectivity index (χ0v) is 15.7. The van der Waals surface area contributed by atoms with Crippen molar-refractivity contribution in [1.82, 2.24) is 10.2 Å². The molecule has 0 bridgehead atoms. The van der Waals surface area contributed by atoms with Gasteiger partial charge in [-0.2, -0.15) is 0 Å². The van der Waals surface area contributed by atoms with E-state index in [1.54, 1.807) is 6.07 Å². The van der Waals surface area contributed by atoms with Crippen LogP contribution in [0.2, 0.25) is 5.02 Å². The Hall–Kier alpha value is -1.21. The van der Waals surface area contributed by atoms with Gasteiger partial charge in [0.05, 0.1) is 10.9 Å². The summed E-state index contributed by atoms with van der Waals surface area (Å²) in [5.41, 5.74) is 6.64. The van der Waals surface area contributed by atoms with Crippen LogP contribution < -0.4 is 11.1 Å². The van der Waals surface area contributed by atoms with Crippen molar-refractivity contribution in [2.24, 2.45) is 11.7 Å². The van der Waals surface area contributed by atoms with Crippen LogP contribution in [0.15, 0.2) is 24.3 Å². The molecule has 1 aromatic heterocycles. The van der Waals surface area contributed by atoms with Crippen molar-refractivity contribution >= 4 is 46.4 Å². The van der Waals surface area contributed by atoms with Crippen molar-refractivity contribution in [1.29, 1.82) is 0 Å². The number of hydrogen-bond acceptors (Lipinski definition) is 5. The van der Waals surface area contributed by atoms with Gasteiger partial charge >= 0.3 is 0 Å². The number of nitrogens with one attached hydrogen (secondary N) is 1. The van der Waals surface area contributed by atoms with Gasteiger partial charge in [0.2, 0.25) is 11.0 Å². The zero-order valence-electron chi connectivity index (χ0n) is 13.3. The number of benzene rings is 1. The lowest BCUT2D eigenvalue weighted by atomic mass is 9.74. The molecule has 2 aromatic rings. The second kappa shape index (κ2) is 7.78. The number of rotatable bonds is 3. The summed E-state index contributed by atoms with van der Waals surface area (Å²) in [6, 6.07) is 7.44. The van der Waals surface area contributed by atoms with Gasteiger partial charge in [-0.25, -0.2) is 0 Å². The van der Waals surface area contributed by atoms with E-state index in [1.807, 2.05) is 25.1 Å². The molecule has 3 rings (SSSR count). The highest BCUT2D eigenvalue weighted by atomic mass is 35.5. The van der Waals surface area contributed by atoms with Gasteiger partial charge in [-0.3, -0.25) is 4.79 Å². The van der Waals surface area contributed by atoms with Crippen LogP contribution in [0.25, 0.3) is 10.6 Å². The van der Waals surface area contributed by atoms with Gasteiger partial charge in [0, 0.05) is 11.1 Å². The fraction of sp³-hybridized carbons (Fsp3) is 0.438. The molecule has 8 heteroatoms. The van der Waals surface area contributed by atoms with Crippen LogP contribution in [0.3, 0.4) is 0 Å². The monoisotopic (exact) mass is 386 g/mol. The molecular formula is C16H20Cl2N4OS. The molecule has 2 unspecified atom stereocenters. The molecule has 24 heavy (non-hydrogen) atoms. The summed E-state index contributed by atoms with van der Waals surface area (Å²) in [7, 11) is 0. The minimum absolute atomic E-state index is 0. The highest BCUT2D eigenvalue weighted by Gasteiger charge is 2.38. The average Bonchev–Trinajstić information content (AvgIpc) is 2.95. The third-order valence-electron chi connectivity index (χ3n) is 4.33. The third kappa shape index (κ3) is 4.06. The van der Waals surface area contributed by atoms with Gasteiger partial charge in [0.1, 0.15) is 0 Å². The Bertz CT molecular complexity index is 720. The minimum atomic E-state index is -0.460. The van der Waals surface area contributed by atoms with Gasteiger partial charge in [-0.1, -0.05) is 54.0 Å². The molecule has 1 amide bonds. The van der Waals surface area contributed by atoms with Gasteiger partial charge in [-0.15, -0.1) is 22.6 Å². The maximum absolute atomic E-state index is 12.5. The number of nitrogens with zero attached hydrogens (tertiary/aromatic N) is 2. The van der Waals surface area contributed by atoms with Gasteiger partial charge in [0.15, 0.2) is 5.01 Å². The van der Waals surface area contributed by atoms with E-state index in [0.717, 1.165) is 31.2 Å². The summed E-state index contributed by atoms with van der Waals surface area (Å²) in [6.45, 7) is 1.95. The summed E-state index contributed by atoms with van der Waals surface area (Å²) in [4.78, 5) is 12.5. The van der Waals surface area contributed by atoms with E-state index in [-0.39, 0.29) is 24.2 Å². The van der Waals surface area contributed by atoms with Crippen molar-refractivity contribution < 1.29 is 4.79 Å². The molecule has 1 saturated carbocycles. The number of anilines is 1. The molecule has 2 atom stereocenters. The van der Waals surface area contributed by atoms with E-state index in [4.69, 9.17) is 17.3 Å². The Kier molecular flexibility index (Phi) is 6.20. The van der Waals surface area contributed by atoms with Crippen molar-refractivity contribution in [3.8, 4) is 10.6 Å². The molecule has 0 radical (unpaired) electrons. The second-order valence-electron chi connectivity index (χ2n) is 6.19. The molecule has 1 aromatic carbocycles. The van der Waals surface area contributed by atoms with E-state index in [9.17, 15) is 4.79 Å². The van der Waals surface area contributed by atoms with Crippen LogP contribution >= 0.6 is 35.3 Å². The molecule has 130 valence electrons. The minimum Gasteiger partial charge on any atom is -0.325 e. The van der Waals surface area contributed by atoms with Crippen molar-refractivity contribution in [2.45, 2.75) is 38.1 Å². The highest BCUT2D eigenvalue weighted by molar-refractivity contribution is 7.18. The molecule has 0 saturated heterocycles. The zero-order chi connectivity index (χ0) is 16.4. The number of nitrogens with two attached hydrogens (primary N) is 1. The smallest absolute Gasteiger partial charge is 0.231 e. The van der Waals surface area contributed by atoms with Crippen LogP contribution in [0.5, 0.6) is 0 Å². The fourth-order valence-electron chi connectivity index (χ4n) is 3.00. The maximum Gasteiger partial charge on any atom is 0.231 e. The van der Waals surface area contributed by atoms with Crippen LogP contribution in [-0.2, 0) is 4.79 Å². The molecule has 5 nitrogen and oxygen atoms in total. The topological polar surface area (TPSA) is 80.9 Å². The maximum atomic E-state index is 12.5. The van der Waals surface area contributed by atoms with Gasteiger partial charge in [0.25, 0.3) is 0 Å². The van der Waals surface area contributed by atoms with E-state index in [0.29, 0.717) is 15.2 Å². The lowest BCUT2D eigenvalue weighted by Gasteiger charge is -2.36. The molecule has 0 aliphatic heterocycles. The summed E-state index contributed by atoms with van der Waals surface area (Å²) in [5, 5.41) is 12.8. The molecule has 1 aliphatic rings. The van der Waals surface area contributed by atoms with Crippen LogP contribution in [0, 0.1) is 5.92 Å². The average molecular weight is 387 g/mol. The number of carbonyl (C=O) groups excluding carboxylic acids is 1. The van der Waals surface area contributed by atoms with Crippen molar-refractivity contribution in [2.75, 3.05) is 5.32 Å². The first-order valence-electron chi connectivity index (χ1n) is 7.65. The predicted molar refractivity (Wildman–Crippen MR) is 101 cm³/mol. The summed E-state index contributed by atoms with van der Waals surface area (Å²) < 4.78 is 0. The predicted octanol–water partition coefficient (Wildman–Crippen LogP) is 4.13. The number of halogens is 2. The first kappa shape index (κ1) is 19.1. The summed E-state index contributed by atoms with van der Waals surface area (Å²) >= 11 is 7.48. The molecule has 1 fully saturated rings. The van der Waals surface area contributed by atoms with Gasteiger partial charge < -0.3 is 11.1 Å². The Morgan fingerprint density at radius 3 is 2.83 bits per heavy atom. The number of carbonyl (C=O) groups is 1. The number of amides is 1. The van der Waals surface area contributed by atoms with Gasteiger partial charge in [-0.05, 0) is 25.8 Å². The van der Waals surface area contributed by atoms with Crippen LogP contribution in [0.4, 0.5) is 5.13 Å². The third-order valence-corrected chi connectivity index (χ3v) is 5.53. The first-order chi connectivity index (χ1) is 11.0. The quantitative estimate of drug-likeness (QED) is 0.830. The SMILES string of the molecule is CC1(N)CCCCC1C(=O)Nc1nnc(-c2ccccc2Cl)s1.Cl. The second-order valence-corrected chi connectivity index (χ2v) is 7.57. The van der Waals surface area contributed by atoms with E-state index >= 15 is 0 Å². The largest absolute Gasteiger partial charge is 0.325 e. The van der Waals surface area contributed by atoms with Crippen LogP contribution in [-0.4, -0.2) is 21.6 Å². The Labute approximate surface area is 156 Å². The standard InChI is InChI=1S/C16H19ClN4OS.ClH/c1-16(18)9-5-4-7-11(16)13(22)19-15-21-20-14(23-15)10-6-2-3-8-12(10)17;/h2-3,6,8,11H,4-5,7,9,18H2,1H3,(H,19,21,22);1H. The Morgan fingerprint density at radius 2 is 2.12 bits per heavy atom. The fourth-order valence-corrected chi connectivity index (χ4v) is 4.07. The lowest BCUT2D eigenvalue weighted by Crippen LogP contribution is -2.51. The summed E-state index contributed by atoms with van der Waals surface area (Å²) in [5.74, 6) is -0.263. The number of aromatic nitrogens is 2. The first-order valence-corrected chi connectivity index (χ1v) is 8.85. The molecular weight excluding hydrogens is 367 g/mol. The molecule has 1 heterocycles. The van der Waals surface area contributed by atoms with Crippen LogP contribution in [0.1, 0.15) is 32.6 Å². The van der Waals surface area contributed by atoms with Crippen molar-refractivity contribution in [3.05, 3.63) is 29.3 Å². The van der Waals surface area contributed by atoms with E-state index in [1.165, 1.54) is 11.3 Å². The Morgan fingerprint density at radius 1 is 1.38 bits per heavy atom.